The van der Waals surface area contributed by atoms with Gasteiger partial charge in [-0.2, -0.15) is 10.2 Å². The van der Waals surface area contributed by atoms with E-state index in [1.807, 2.05) is 39.8 Å². The molecule has 0 bridgehead atoms. The summed E-state index contributed by atoms with van der Waals surface area (Å²) in [5, 5.41) is 19.4. The summed E-state index contributed by atoms with van der Waals surface area (Å²) in [6.07, 6.45) is 0. The molecule has 0 amide bonds. The van der Waals surface area contributed by atoms with Crippen molar-refractivity contribution >= 4 is 57.7 Å². The molecule has 0 radical (unpaired) electrons. The maximum absolute atomic E-state index is 12.1. The number of halogens is 3. The lowest BCUT2D eigenvalue weighted by Crippen LogP contribution is -2.09. The van der Waals surface area contributed by atoms with E-state index in [0.29, 0.717) is 50.0 Å². The smallest absolute Gasteiger partial charge is 0.359 e. The Morgan fingerprint density at radius 2 is 1.20 bits per heavy atom. The van der Waals surface area contributed by atoms with Crippen LogP contribution in [0.3, 0.4) is 0 Å². The molecule has 4 aromatic rings. The first-order valence-electron chi connectivity index (χ1n) is 14.6. The predicted octanol–water partition coefficient (Wildman–Crippen LogP) is 8.60. The fourth-order valence-electron chi connectivity index (χ4n) is 4.10. The van der Waals surface area contributed by atoms with Crippen LogP contribution < -0.4 is 9.47 Å². The quantitative estimate of drug-likeness (QED) is 0.0854. The molecule has 0 aliphatic heterocycles. The van der Waals surface area contributed by atoms with Gasteiger partial charge in [0.15, 0.2) is 11.4 Å². The van der Waals surface area contributed by atoms with Crippen LogP contribution in [-0.4, -0.2) is 49.8 Å². The fraction of sp³-hybridized carbons (Fsp3) is 0.375. The van der Waals surface area contributed by atoms with Crippen molar-refractivity contribution in [3.63, 3.8) is 0 Å². The van der Waals surface area contributed by atoms with Gasteiger partial charge in [-0.25, -0.2) is 19.0 Å². The third-order valence-electron chi connectivity index (χ3n) is 6.15. The molecule has 11 nitrogen and oxygen atoms in total. The van der Waals surface area contributed by atoms with Crippen molar-refractivity contribution < 1.29 is 33.6 Å². The highest BCUT2D eigenvalue weighted by Crippen LogP contribution is 2.34. The van der Waals surface area contributed by atoms with Crippen molar-refractivity contribution in [1.82, 2.24) is 19.6 Å². The summed E-state index contributed by atoms with van der Waals surface area (Å²) in [6.45, 7) is 11.4. The maximum Gasteiger partial charge on any atom is 0.359 e. The SMILES string of the molecule is CCOC(=O)c1nn(C(C)C)c(Oc2cccc(Cl)c2)c1CI.CCOC(=O)c1nn(C(C)C)c(Oc2cccc(Cl)c2)c1CO. The van der Waals surface area contributed by atoms with Crippen LogP contribution in [0, 0.1) is 0 Å². The van der Waals surface area contributed by atoms with E-state index in [9.17, 15) is 14.7 Å². The molecule has 0 atom stereocenters. The van der Waals surface area contributed by atoms with Crippen molar-refractivity contribution in [3.8, 4) is 23.3 Å². The van der Waals surface area contributed by atoms with Crippen molar-refractivity contribution in [2.75, 3.05) is 13.2 Å². The molecule has 0 saturated carbocycles. The van der Waals surface area contributed by atoms with E-state index < -0.39 is 18.5 Å². The molecule has 0 aliphatic rings. The third kappa shape index (κ3) is 9.36. The first-order valence-corrected chi connectivity index (χ1v) is 16.8. The summed E-state index contributed by atoms with van der Waals surface area (Å²) in [5.74, 6) is 0.902. The first kappa shape index (κ1) is 37.1. The molecule has 0 fully saturated rings. The summed E-state index contributed by atoms with van der Waals surface area (Å²) in [6, 6.07) is 13.9. The zero-order valence-corrected chi connectivity index (χ0v) is 30.1. The molecular formula is C32H37Cl2IN4O7. The second-order valence-corrected chi connectivity index (χ2v) is 11.8. The Balaban J connectivity index is 0.000000250. The van der Waals surface area contributed by atoms with Crippen LogP contribution in [0.5, 0.6) is 23.3 Å². The van der Waals surface area contributed by atoms with E-state index in [0.717, 1.165) is 5.56 Å². The summed E-state index contributed by atoms with van der Waals surface area (Å²) in [7, 11) is 0. The minimum absolute atomic E-state index is 0.0362. The van der Waals surface area contributed by atoms with Crippen LogP contribution in [0.25, 0.3) is 0 Å². The number of alkyl halides is 1. The zero-order chi connectivity index (χ0) is 34.0. The molecular weight excluding hydrogens is 750 g/mol. The normalized spacial score (nSPS) is 10.9. The molecule has 1 N–H and O–H groups in total. The molecule has 0 spiro atoms. The van der Waals surface area contributed by atoms with Gasteiger partial charge in [0.05, 0.1) is 43.0 Å². The van der Waals surface area contributed by atoms with Crippen LogP contribution in [0.15, 0.2) is 48.5 Å². The molecule has 0 aliphatic carbocycles. The van der Waals surface area contributed by atoms with E-state index in [1.54, 1.807) is 59.6 Å². The highest BCUT2D eigenvalue weighted by atomic mass is 127. The zero-order valence-electron chi connectivity index (χ0n) is 26.4. The van der Waals surface area contributed by atoms with Gasteiger partial charge in [-0.1, -0.05) is 57.9 Å². The Kier molecular flexibility index (Phi) is 14.2. The van der Waals surface area contributed by atoms with E-state index in [2.05, 4.69) is 32.8 Å². The topological polar surface area (TPSA) is 127 Å². The monoisotopic (exact) mass is 786 g/mol. The summed E-state index contributed by atoms with van der Waals surface area (Å²) in [4.78, 5) is 24.2. The Labute approximate surface area is 291 Å². The highest BCUT2D eigenvalue weighted by molar-refractivity contribution is 14.1. The molecule has 0 saturated heterocycles. The minimum atomic E-state index is -0.591. The fourth-order valence-corrected chi connectivity index (χ4v) is 5.15. The Morgan fingerprint density at radius 1 is 0.783 bits per heavy atom. The maximum atomic E-state index is 12.1. The molecule has 14 heteroatoms. The molecule has 2 heterocycles. The second-order valence-electron chi connectivity index (χ2n) is 10.2. The van der Waals surface area contributed by atoms with Crippen LogP contribution >= 0.6 is 45.8 Å². The van der Waals surface area contributed by atoms with Gasteiger partial charge in [0.25, 0.3) is 0 Å². The van der Waals surface area contributed by atoms with Gasteiger partial charge in [-0.05, 0) is 77.9 Å². The van der Waals surface area contributed by atoms with E-state index in [4.69, 9.17) is 42.1 Å². The second kappa shape index (κ2) is 17.5. The van der Waals surface area contributed by atoms with Gasteiger partial charge in [-0.3, -0.25) is 0 Å². The largest absolute Gasteiger partial charge is 0.461 e. The number of hydrogen-bond acceptors (Lipinski definition) is 9. The number of carbonyl (C=O) groups excluding carboxylic acids is 2. The number of aliphatic hydroxyl groups is 1. The van der Waals surface area contributed by atoms with Crippen molar-refractivity contribution in [2.45, 2.75) is 64.7 Å². The summed E-state index contributed by atoms with van der Waals surface area (Å²) >= 11 is 14.1. The van der Waals surface area contributed by atoms with E-state index in [-0.39, 0.29) is 29.9 Å². The molecule has 4 rings (SSSR count). The number of aromatic nitrogens is 4. The molecule has 2 aromatic carbocycles. The standard InChI is InChI=1S/C16H18ClIN2O3.C16H19ClN2O4/c1-4-22-16(21)14-13(9-18)15(20(19-14)10(2)3)23-12-7-5-6-11(17)8-12;1-4-22-16(21)14-13(9-20)15(19(18-14)10(2)3)23-12-7-5-6-11(17)8-12/h5-8,10H,4,9H2,1-3H3;5-8,10,20H,4,9H2,1-3H3. The van der Waals surface area contributed by atoms with Crippen molar-refractivity contribution in [3.05, 3.63) is 81.1 Å². The van der Waals surface area contributed by atoms with Gasteiger partial charge in [0, 0.05) is 14.5 Å². The highest BCUT2D eigenvalue weighted by Gasteiger charge is 2.27. The number of carbonyl (C=O) groups is 2. The van der Waals surface area contributed by atoms with Crippen LogP contribution in [-0.2, 0) is 20.5 Å². The number of benzene rings is 2. The summed E-state index contributed by atoms with van der Waals surface area (Å²) < 4.78 is 25.7. The van der Waals surface area contributed by atoms with Crippen molar-refractivity contribution in [1.29, 1.82) is 0 Å². The Bertz CT molecular complexity index is 1520. The minimum Gasteiger partial charge on any atom is -0.461 e. The third-order valence-corrected chi connectivity index (χ3v) is 7.38. The van der Waals surface area contributed by atoms with Gasteiger partial charge in [0.2, 0.25) is 11.8 Å². The summed E-state index contributed by atoms with van der Waals surface area (Å²) in [5.41, 5.74) is 1.36. The molecule has 0 unspecified atom stereocenters. The average molecular weight is 787 g/mol. The number of esters is 2. The van der Waals surface area contributed by atoms with Crippen LogP contribution in [0.2, 0.25) is 10.0 Å². The number of nitrogens with zero attached hydrogens (tertiary/aromatic N) is 4. The lowest BCUT2D eigenvalue weighted by molar-refractivity contribution is 0.0506. The van der Waals surface area contributed by atoms with Crippen LogP contribution in [0.4, 0.5) is 0 Å². The first-order chi connectivity index (χ1) is 21.9. The molecule has 248 valence electrons. The molecule has 46 heavy (non-hydrogen) atoms. The Hall–Kier alpha value is -3.33. The van der Waals surface area contributed by atoms with E-state index >= 15 is 0 Å². The van der Waals surface area contributed by atoms with Gasteiger partial charge in [0.1, 0.15) is 11.5 Å². The number of hydrogen-bond donors (Lipinski definition) is 1. The van der Waals surface area contributed by atoms with Gasteiger partial charge in [-0.15, -0.1) is 0 Å². The average Bonchev–Trinajstić information content (AvgIpc) is 3.56. The van der Waals surface area contributed by atoms with Crippen LogP contribution in [0.1, 0.15) is 85.7 Å². The lowest BCUT2D eigenvalue weighted by atomic mass is 10.2. The van der Waals surface area contributed by atoms with E-state index in [1.165, 1.54) is 0 Å². The Morgan fingerprint density at radius 3 is 1.54 bits per heavy atom. The number of rotatable bonds is 12. The van der Waals surface area contributed by atoms with Crippen molar-refractivity contribution in [2.24, 2.45) is 0 Å². The number of aliphatic hydroxyl groups excluding tert-OH is 1. The lowest BCUT2D eigenvalue weighted by Gasteiger charge is -2.13. The van der Waals surface area contributed by atoms with Gasteiger partial charge < -0.3 is 24.1 Å². The van der Waals surface area contributed by atoms with Gasteiger partial charge >= 0.3 is 11.9 Å². The number of ether oxygens (including phenoxy) is 4. The predicted molar refractivity (Wildman–Crippen MR) is 184 cm³/mol. The molecule has 2 aromatic heterocycles.